The maximum atomic E-state index is 13.6. The normalized spacial score (nSPS) is 18.5. The zero-order chi connectivity index (χ0) is 24.7. The van der Waals surface area contributed by atoms with Crippen LogP contribution in [0.4, 0.5) is 10.2 Å². The standard InChI is InChI=1S/C27H26FN3O3S/c1-27(2)12-18-22(19(32)13-27)21(17-9-4-5-10-20(17)34-3)23-24(29-18)30-26(31-25(23)33)35-14-15-7-6-8-16(28)11-15/h4-11,21H,12-14H2,1-3H3,(H2,29,30,31,33)/t21-/m1/s1. The number of benzene rings is 2. The van der Waals surface area contributed by atoms with Crippen molar-refractivity contribution < 1.29 is 13.9 Å². The number of allylic oxidation sites excluding steroid dienone is 2. The van der Waals surface area contributed by atoms with E-state index in [9.17, 15) is 14.0 Å². The Kier molecular flexibility index (Phi) is 6.01. The van der Waals surface area contributed by atoms with Crippen molar-refractivity contribution in [3.8, 4) is 5.75 Å². The minimum absolute atomic E-state index is 0.0225. The summed E-state index contributed by atoms with van der Waals surface area (Å²) in [5, 5.41) is 3.75. The summed E-state index contributed by atoms with van der Waals surface area (Å²) in [6, 6.07) is 13.8. The lowest BCUT2D eigenvalue weighted by molar-refractivity contribution is -0.118. The number of methoxy groups -OCH3 is 1. The van der Waals surface area contributed by atoms with Gasteiger partial charge in [-0.3, -0.25) is 9.59 Å². The van der Waals surface area contributed by atoms with Gasteiger partial charge in [0.15, 0.2) is 10.9 Å². The fraction of sp³-hybridized carbons (Fsp3) is 0.296. The predicted molar refractivity (Wildman–Crippen MR) is 134 cm³/mol. The summed E-state index contributed by atoms with van der Waals surface area (Å²) in [6.07, 6.45) is 1.07. The van der Waals surface area contributed by atoms with Gasteiger partial charge in [-0.1, -0.05) is 55.9 Å². The zero-order valence-electron chi connectivity index (χ0n) is 19.8. The Labute approximate surface area is 207 Å². The number of Topliss-reactive ketones (excluding diaryl/α,β-unsaturated/α-hetero) is 1. The fourth-order valence-corrected chi connectivity index (χ4v) is 5.76. The number of H-pyrrole nitrogens is 1. The summed E-state index contributed by atoms with van der Waals surface area (Å²) >= 11 is 1.32. The third-order valence-electron chi connectivity index (χ3n) is 6.41. The second kappa shape index (κ2) is 9.00. The van der Waals surface area contributed by atoms with Crippen LogP contribution < -0.4 is 15.6 Å². The Morgan fingerprint density at radius 1 is 1.14 bits per heavy atom. The van der Waals surface area contributed by atoms with E-state index in [-0.39, 0.29) is 22.6 Å². The number of ether oxygens (including phenoxy) is 1. The zero-order valence-corrected chi connectivity index (χ0v) is 20.6. The first-order chi connectivity index (χ1) is 16.8. The molecule has 0 bridgehead atoms. The van der Waals surface area contributed by atoms with E-state index in [2.05, 4.69) is 24.1 Å². The van der Waals surface area contributed by atoms with E-state index < -0.39 is 5.92 Å². The molecule has 0 amide bonds. The van der Waals surface area contributed by atoms with Gasteiger partial charge in [-0.05, 0) is 35.6 Å². The van der Waals surface area contributed by atoms with Crippen LogP contribution in [0.5, 0.6) is 5.75 Å². The van der Waals surface area contributed by atoms with E-state index in [0.29, 0.717) is 46.5 Å². The van der Waals surface area contributed by atoms with Crippen LogP contribution in [0, 0.1) is 11.2 Å². The largest absolute Gasteiger partial charge is 0.496 e. The highest BCUT2D eigenvalue weighted by Crippen LogP contribution is 2.49. The van der Waals surface area contributed by atoms with Crippen molar-refractivity contribution in [2.45, 2.75) is 43.5 Å². The molecular formula is C27H26FN3O3S. The van der Waals surface area contributed by atoms with E-state index in [4.69, 9.17) is 9.72 Å². The Balaban J connectivity index is 1.61. The highest BCUT2D eigenvalue weighted by molar-refractivity contribution is 7.98. The second-order valence-electron chi connectivity index (χ2n) is 9.69. The average molecular weight is 492 g/mol. The number of nitrogens with zero attached hydrogens (tertiary/aromatic N) is 1. The number of anilines is 1. The van der Waals surface area contributed by atoms with Crippen molar-refractivity contribution in [1.29, 1.82) is 0 Å². The molecule has 3 aromatic rings. The summed E-state index contributed by atoms with van der Waals surface area (Å²) < 4.78 is 19.2. The monoisotopic (exact) mass is 491 g/mol. The van der Waals surface area contributed by atoms with Gasteiger partial charge in [-0.25, -0.2) is 9.37 Å². The van der Waals surface area contributed by atoms with Crippen LogP contribution in [0.15, 0.2) is 69.8 Å². The summed E-state index contributed by atoms with van der Waals surface area (Å²) in [6.45, 7) is 4.13. The van der Waals surface area contributed by atoms with Gasteiger partial charge in [0, 0.05) is 29.0 Å². The molecule has 0 fully saturated rings. The van der Waals surface area contributed by atoms with Crippen molar-refractivity contribution >= 4 is 23.4 Å². The molecule has 2 heterocycles. The van der Waals surface area contributed by atoms with Crippen molar-refractivity contribution in [2.75, 3.05) is 12.4 Å². The molecule has 0 radical (unpaired) electrons. The quantitative estimate of drug-likeness (QED) is 0.367. The lowest BCUT2D eigenvalue weighted by Gasteiger charge is -2.38. The van der Waals surface area contributed by atoms with E-state index >= 15 is 0 Å². The highest BCUT2D eigenvalue weighted by Gasteiger charge is 2.43. The first kappa shape index (κ1) is 23.4. The second-order valence-corrected chi connectivity index (χ2v) is 10.6. The van der Waals surface area contributed by atoms with Gasteiger partial charge in [-0.15, -0.1) is 0 Å². The molecule has 0 spiro atoms. The summed E-state index contributed by atoms with van der Waals surface area (Å²) in [5.74, 6) is 0.637. The molecule has 6 nitrogen and oxygen atoms in total. The van der Waals surface area contributed by atoms with E-state index in [0.717, 1.165) is 16.8 Å². The molecule has 1 aliphatic carbocycles. The van der Waals surface area contributed by atoms with Gasteiger partial charge >= 0.3 is 0 Å². The number of thioether (sulfide) groups is 1. The maximum Gasteiger partial charge on any atom is 0.257 e. The molecule has 5 rings (SSSR count). The van der Waals surface area contributed by atoms with Crippen LogP contribution in [0.25, 0.3) is 0 Å². The number of carbonyl (C=O) groups is 1. The Hall–Kier alpha value is -3.39. The number of halogens is 1. The molecular weight excluding hydrogens is 465 g/mol. The van der Waals surface area contributed by atoms with Crippen molar-refractivity contribution in [2.24, 2.45) is 5.41 Å². The van der Waals surface area contributed by atoms with Crippen molar-refractivity contribution in [1.82, 2.24) is 9.97 Å². The molecule has 1 atom stereocenters. The van der Waals surface area contributed by atoms with Gasteiger partial charge in [0.25, 0.3) is 5.56 Å². The molecule has 35 heavy (non-hydrogen) atoms. The topological polar surface area (TPSA) is 84.1 Å². The highest BCUT2D eigenvalue weighted by atomic mass is 32.2. The average Bonchev–Trinajstić information content (AvgIpc) is 2.80. The van der Waals surface area contributed by atoms with Crippen LogP contribution in [0.3, 0.4) is 0 Å². The number of nitrogens with one attached hydrogen (secondary N) is 2. The number of hydrogen-bond acceptors (Lipinski definition) is 6. The van der Waals surface area contributed by atoms with Crippen molar-refractivity contribution in [3.63, 3.8) is 0 Å². The first-order valence-corrected chi connectivity index (χ1v) is 12.4. The molecule has 180 valence electrons. The van der Waals surface area contributed by atoms with Crippen LogP contribution in [0.1, 0.15) is 49.3 Å². The number of aromatic nitrogens is 2. The van der Waals surface area contributed by atoms with Gasteiger partial charge in [-0.2, -0.15) is 0 Å². The van der Waals surface area contributed by atoms with Gasteiger partial charge in [0.1, 0.15) is 17.4 Å². The maximum absolute atomic E-state index is 13.6. The SMILES string of the molecule is COc1ccccc1[C@@H]1C2=C(CC(C)(C)CC2=O)Nc2nc(SCc3cccc(F)c3)[nH]c(=O)c21. The molecule has 0 saturated heterocycles. The fourth-order valence-electron chi connectivity index (χ4n) is 4.96. The molecule has 0 saturated carbocycles. The molecule has 2 aromatic carbocycles. The lowest BCUT2D eigenvalue weighted by Crippen LogP contribution is -2.37. The molecule has 2 aliphatic rings. The Bertz CT molecular complexity index is 1410. The minimum atomic E-state index is -0.584. The number of para-hydroxylation sites is 1. The Morgan fingerprint density at radius 2 is 1.94 bits per heavy atom. The van der Waals surface area contributed by atoms with E-state index in [1.165, 1.54) is 23.9 Å². The third kappa shape index (κ3) is 4.50. The molecule has 1 aliphatic heterocycles. The van der Waals surface area contributed by atoms with E-state index in [1.807, 2.05) is 30.3 Å². The number of carbonyl (C=O) groups excluding carboxylic acids is 1. The van der Waals surface area contributed by atoms with Gasteiger partial charge in [0.05, 0.1) is 18.6 Å². The molecule has 8 heteroatoms. The number of rotatable bonds is 5. The van der Waals surface area contributed by atoms with Gasteiger partial charge in [0.2, 0.25) is 0 Å². The van der Waals surface area contributed by atoms with Crippen LogP contribution in [0.2, 0.25) is 0 Å². The smallest absolute Gasteiger partial charge is 0.257 e. The van der Waals surface area contributed by atoms with Gasteiger partial charge < -0.3 is 15.0 Å². The number of fused-ring (bicyclic) bond motifs is 1. The molecule has 0 unspecified atom stereocenters. The number of hydrogen-bond donors (Lipinski definition) is 2. The van der Waals surface area contributed by atoms with E-state index in [1.54, 1.807) is 13.2 Å². The van der Waals surface area contributed by atoms with Crippen LogP contribution in [-0.2, 0) is 10.5 Å². The third-order valence-corrected chi connectivity index (χ3v) is 7.36. The van der Waals surface area contributed by atoms with Crippen LogP contribution in [-0.4, -0.2) is 22.9 Å². The molecule has 2 N–H and O–H groups in total. The summed E-state index contributed by atoms with van der Waals surface area (Å²) in [4.78, 5) is 34.4. The first-order valence-electron chi connectivity index (χ1n) is 11.4. The number of ketones is 1. The lowest BCUT2D eigenvalue weighted by atomic mass is 9.69. The van der Waals surface area contributed by atoms with Crippen molar-refractivity contribution in [3.05, 3.63) is 92.7 Å². The predicted octanol–water partition coefficient (Wildman–Crippen LogP) is 5.41. The Morgan fingerprint density at radius 3 is 2.71 bits per heavy atom. The molecule has 1 aromatic heterocycles. The summed E-state index contributed by atoms with van der Waals surface area (Å²) in [7, 11) is 1.58. The summed E-state index contributed by atoms with van der Waals surface area (Å²) in [5.41, 5.74) is 2.83. The van der Waals surface area contributed by atoms with Crippen LogP contribution >= 0.6 is 11.8 Å². The number of aromatic amines is 1. The minimum Gasteiger partial charge on any atom is -0.496 e.